The van der Waals surface area contributed by atoms with E-state index in [4.69, 9.17) is 20.9 Å². The van der Waals surface area contributed by atoms with Gasteiger partial charge in [-0.3, -0.25) is 9.45 Å². The highest BCUT2D eigenvalue weighted by Gasteiger charge is 2.34. The second kappa shape index (κ2) is 6.31. The van der Waals surface area contributed by atoms with Crippen LogP contribution in [0.25, 0.3) is 10.8 Å². The predicted molar refractivity (Wildman–Crippen MR) is 89.1 cm³/mol. The van der Waals surface area contributed by atoms with Crippen molar-refractivity contribution in [2.24, 2.45) is 0 Å². The van der Waals surface area contributed by atoms with Crippen LogP contribution in [0.3, 0.4) is 0 Å². The molecule has 2 amide bonds. The molecule has 24 heavy (non-hydrogen) atoms. The van der Waals surface area contributed by atoms with Crippen LogP contribution >= 0.6 is 11.6 Å². The van der Waals surface area contributed by atoms with Gasteiger partial charge in [0.2, 0.25) is 0 Å². The SMILES string of the molecule is O=C1NC(S(=O)(=O)O)C(Cl)=CN1COc1ccc2ccccc2c1. The van der Waals surface area contributed by atoms with E-state index in [9.17, 15) is 13.2 Å². The summed E-state index contributed by atoms with van der Waals surface area (Å²) in [6, 6.07) is 12.5. The van der Waals surface area contributed by atoms with Crippen LogP contribution in [-0.2, 0) is 10.1 Å². The lowest BCUT2D eigenvalue weighted by molar-refractivity contribution is 0.161. The molecule has 7 nitrogen and oxygen atoms in total. The molecule has 0 saturated heterocycles. The number of ether oxygens (including phenoxy) is 1. The van der Waals surface area contributed by atoms with Crippen molar-refractivity contribution in [3.05, 3.63) is 53.7 Å². The topological polar surface area (TPSA) is 95.9 Å². The first kappa shape index (κ1) is 16.6. The lowest BCUT2D eigenvalue weighted by Gasteiger charge is -2.27. The molecule has 2 N–H and O–H groups in total. The van der Waals surface area contributed by atoms with E-state index in [1.807, 2.05) is 36.4 Å². The largest absolute Gasteiger partial charge is 0.473 e. The zero-order chi connectivity index (χ0) is 17.3. The fourth-order valence-electron chi connectivity index (χ4n) is 2.25. The Morgan fingerprint density at radius 3 is 2.62 bits per heavy atom. The molecule has 2 aromatic carbocycles. The summed E-state index contributed by atoms with van der Waals surface area (Å²) < 4.78 is 36.8. The van der Waals surface area contributed by atoms with Gasteiger partial charge >= 0.3 is 6.03 Å². The first-order valence-corrected chi connectivity index (χ1v) is 8.75. The Bertz CT molecular complexity index is 928. The number of carbonyl (C=O) groups is 1. The van der Waals surface area contributed by atoms with E-state index < -0.39 is 21.5 Å². The number of nitrogens with zero attached hydrogens (tertiary/aromatic N) is 1. The first-order valence-electron chi connectivity index (χ1n) is 6.87. The molecule has 0 aromatic heterocycles. The minimum Gasteiger partial charge on any atom is -0.473 e. The fourth-order valence-corrected chi connectivity index (χ4v) is 3.36. The average Bonchev–Trinajstić information content (AvgIpc) is 2.54. The van der Waals surface area contributed by atoms with Crippen LogP contribution in [0.2, 0.25) is 0 Å². The smallest absolute Gasteiger partial charge is 0.325 e. The van der Waals surface area contributed by atoms with Crippen LogP contribution in [0, 0.1) is 0 Å². The van der Waals surface area contributed by atoms with E-state index >= 15 is 0 Å². The Balaban J connectivity index is 1.74. The number of benzene rings is 2. The van der Waals surface area contributed by atoms with Gasteiger partial charge < -0.3 is 10.1 Å². The third-order valence-corrected chi connectivity index (χ3v) is 4.85. The maximum atomic E-state index is 11.9. The highest BCUT2D eigenvalue weighted by atomic mass is 35.5. The van der Waals surface area contributed by atoms with E-state index in [0.29, 0.717) is 5.75 Å². The van der Waals surface area contributed by atoms with Gasteiger partial charge in [-0.2, -0.15) is 8.42 Å². The van der Waals surface area contributed by atoms with Crippen molar-refractivity contribution in [2.75, 3.05) is 6.73 Å². The quantitative estimate of drug-likeness (QED) is 0.808. The second-order valence-electron chi connectivity index (χ2n) is 5.11. The lowest BCUT2D eigenvalue weighted by Crippen LogP contribution is -2.51. The molecule has 0 saturated carbocycles. The molecule has 0 spiro atoms. The summed E-state index contributed by atoms with van der Waals surface area (Å²) in [5.74, 6) is 0.544. The molecule has 2 aromatic rings. The van der Waals surface area contributed by atoms with Crippen LogP contribution in [0.1, 0.15) is 0 Å². The van der Waals surface area contributed by atoms with E-state index in [1.165, 1.54) is 0 Å². The van der Waals surface area contributed by atoms with Gasteiger partial charge in [0.1, 0.15) is 5.75 Å². The molecule has 0 radical (unpaired) electrons. The molecule has 1 aliphatic rings. The van der Waals surface area contributed by atoms with Crippen molar-refractivity contribution < 1.29 is 22.5 Å². The number of hydrogen-bond acceptors (Lipinski definition) is 4. The molecule has 1 heterocycles. The van der Waals surface area contributed by atoms with Crippen LogP contribution in [0.5, 0.6) is 5.75 Å². The number of nitrogens with one attached hydrogen (secondary N) is 1. The number of halogens is 1. The Labute approximate surface area is 143 Å². The number of rotatable bonds is 4. The Hall–Kier alpha value is -2.29. The van der Waals surface area contributed by atoms with E-state index in [-0.39, 0.29) is 11.8 Å². The second-order valence-corrected chi connectivity index (χ2v) is 7.05. The van der Waals surface area contributed by atoms with Gasteiger partial charge in [0, 0.05) is 6.20 Å². The van der Waals surface area contributed by atoms with E-state index in [0.717, 1.165) is 21.9 Å². The monoisotopic (exact) mass is 368 g/mol. The van der Waals surface area contributed by atoms with Gasteiger partial charge in [-0.1, -0.05) is 41.9 Å². The lowest BCUT2D eigenvalue weighted by atomic mass is 10.1. The number of amides is 2. The fraction of sp³-hybridized carbons (Fsp3) is 0.133. The van der Waals surface area contributed by atoms with E-state index in [1.54, 1.807) is 6.07 Å². The summed E-state index contributed by atoms with van der Waals surface area (Å²) in [5, 5.41) is 2.23. The third-order valence-electron chi connectivity index (χ3n) is 3.43. The molecule has 9 heteroatoms. The minimum atomic E-state index is -4.52. The summed E-state index contributed by atoms with van der Waals surface area (Å²) in [7, 11) is -4.52. The van der Waals surface area contributed by atoms with Gasteiger partial charge in [0.25, 0.3) is 10.1 Å². The van der Waals surface area contributed by atoms with Gasteiger partial charge in [0.15, 0.2) is 12.1 Å². The number of carbonyl (C=O) groups excluding carboxylic acids is 1. The summed E-state index contributed by atoms with van der Waals surface area (Å²) in [4.78, 5) is 13.0. The van der Waals surface area contributed by atoms with Crippen molar-refractivity contribution in [1.29, 1.82) is 0 Å². The molecular weight excluding hydrogens is 356 g/mol. The van der Waals surface area contributed by atoms with Crippen molar-refractivity contribution in [3.8, 4) is 5.75 Å². The van der Waals surface area contributed by atoms with Crippen molar-refractivity contribution >= 4 is 38.5 Å². The number of urea groups is 1. The highest BCUT2D eigenvalue weighted by Crippen LogP contribution is 2.22. The van der Waals surface area contributed by atoms with Crippen LogP contribution in [-0.4, -0.2) is 36.0 Å². The molecule has 126 valence electrons. The van der Waals surface area contributed by atoms with Gasteiger partial charge in [0.05, 0.1) is 5.03 Å². The standard InChI is InChI=1S/C15H13ClN2O5S/c16-13-8-18(15(19)17-14(13)24(20,21)22)9-23-12-6-5-10-3-1-2-4-11(10)7-12/h1-8,14H,9H2,(H,17,19)(H,20,21,22). The van der Waals surface area contributed by atoms with Crippen LogP contribution in [0.4, 0.5) is 4.79 Å². The van der Waals surface area contributed by atoms with Crippen molar-refractivity contribution in [2.45, 2.75) is 5.37 Å². The van der Waals surface area contributed by atoms with Crippen molar-refractivity contribution in [3.63, 3.8) is 0 Å². The Kier molecular flexibility index (Phi) is 4.35. The Morgan fingerprint density at radius 2 is 1.92 bits per heavy atom. The molecule has 0 fully saturated rings. The average molecular weight is 369 g/mol. The molecule has 1 atom stereocenters. The summed E-state index contributed by atoms with van der Waals surface area (Å²) >= 11 is 5.80. The molecule has 1 aliphatic heterocycles. The van der Waals surface area contributed by atoms with Gasteiger partial charge in [-0.25, -0.2) is 4.79 Å². The highest BCUT2D eigenvalue weighted by molar-refractivity contribution is 7.86. The Morgan fingerprint density at radius 1 is 1.21 bits per heavy atom. The molecule has 0 aliphatic carbocycles. The first-order chi connectivity index (χ1) is 11.3. The maximum Gasteiger partial charge on any atom is 0.325 e. The normalized spacial score (nSPS) is 18.2. The van der Waals surface area contributed by atoms with Crippen LogP contribution in [0.15, 0.2) is 53.7 Å². The third kappa shape index (κ3) is 3.45. The maximum absolute atomic E-state index is 11.9. The minimum absolute atomic E-state index is 0.168. The van der Waals surface area contributed by atoms with Crippen LogP contribution < -0.4 is 10.1 Å². The zero-order valence-electron chi connectivity index (χ0n) is 12.2. The number of fused-ring (bicyclic) bond motifs is 1. The van der Waals surface area contributed by atoms with Crippen molar-refractivity contribution in [1.82, 2.24) is 10.2 Å². The summed E-state index contributed by atoms with van der Waals surface area (Å²) in [6.45, 7) is -0.168. The molecule has 0 bridgehead atoms. The molecular formula is C15H13ClN2O5S. The predicted octanol–water partition coefficient (Wildman–Crippen LogP) is 2.50. The summed E-state index contributed by atoms with van der Waals surface area (Å²) in [6.07, 6.45) is 1.11. The molecule has 3 rings (SSSR count). The van der Waals surface area contributed by atoms with Gasteiger partial charge in [-0.05, 0) is 22.9 Å². The number of hydrogen-bond donors (Lipinski definition) is 2. The van der Waals surface area contributed by atoms with Gasteiger partial charge in [-0.15, -0.1) is 0 Å². The molecule has 1 unspecified atom stereocenters. The summed E-state index contributed by atoms with van der Waals surface area (Å²) in [5.41, 5.74) is 0. The zero-order valence-corrected chi connectivity index (χ0v) is 13.8. The van der Waals surface area contributed by atoms with E-state index in [2.05, 4.69) is 5.32 Å².